The van der Waals surface area contributed by atoms with Crippen LogP contribution in [0.3, 0.4) is 0 Å². The van der Waals surface area contributed by atoms with Crippen LogP contribution in [0.4, 0.5) is 0 Å². The van der Waals surface area contributed by atoms with Gasteiger partial charge in [0.2, 0.25) is 5.91 Å². The summed E-state index contributed by atoms with van der Waals surface area (Å²) in [5, 5.41) is 1.03. The Balaban J connectivity index is 0.00000225. The molecule has 1 saturated heterocycles. The van der Waals surface area contributed by atoms with Crippen LogP contribution in [0.5, 0.6) is 0 Å². The maximum absolute atomic E-state index is 12.6. The van der Waals surface area contributed by atoms with Gasteiger partial charge in [-0.15, -0.1) is 12.4 Å². The molecule has 1 saturated carbocycles. The molecule has 2 fully saturated rings. The molecule has 0 radical (unpaired) electrons. The average molecular weight is 404 g/mol. The summed E-state index contributed by atoms with van der Waals surface area (Å²) in [7, 11) is 1.93. The molecule has 0 N–H and O–H groups in total. The van der Waals surface area contributed by atoms with Crippen molar-refractivity contribution in [2.24, 2.45) is 0 Å². The quantitative estimate of drug-likeness (QED) is 0.667. The van der Waals surface area contributed by atoms with E-state index in [1.807, 2.05) is 18.0 Å². The van der Waals surface area contributed by atoms with Crippen LogP contribution in [0.1, 0.15) is 37.7 Å². The lowest BCUT2D eigenvalue weighted by Crippen LogP contribution is -2.48. The molecule has 1 aliphatic carbocycles. The van der Waals surface area contributed by atoms with Crippen molar-refractivity contribution in [3.63, 3.8) is 0 Å². The normalized spacial score (nSPS) is 23.8. The first-order valence-corrected chi connectivity index (χ1v) is 9.46. The molecule has 1 heterocycles. The highest BCUT2D eigenvalue weighted by Crippen LogP contribution is 2.30. The van der Waals surface area contributed by atoms with Gasteiger partial charge in [0.25, 0.3) is 0 Å². The molecular weight excluding hydrogens is 379 g/mol. The summed E-state index contributed by atoms with van der Waals surface area (Å²) in [5.41, 5.74) is 0.883. The topological polar surface area (TPSA) is 23.6 Å². The number of carbonyl (C=O) groups is 1. The minimum Gasteiger partial charge on any atom is -0.338 e. The molecule has 1 aromatic carbocycles. The summed E-state index contributed by atoms with van der Waals surface area (Å²) < 4.78 is 0. The van der Waals surface area contributed by atoms with Crippen molar-refractivity contribution < 1.29 is 4.79 Å². The Morgan fingerprint density at radius 1 is 1.16 bits per heavy atom. The number of rotatable bonds is 4. The van der Waals surface area contributed by atoms with Crippen LogP contribution in [0.15, 0.2) is 24.3 Å². The molecule has 25 heavy (non-hydrogen) atoms. The number of nitrogens with zero attached hydrogens (tertiary/aromatic N) is 2. The van der Waals surface area contributed by atoms with Gasteiger partial charge in [0.05, 0.1) is 10.0 Å². The van der Waals surface area contributed by atoms with E-state index < -0.39 is 0 Å². The summed E-state index contributed by atoms with van der Waals surface area (Å²) in [6.45, 7) is 2.37. The van der Waals surface area contributed by atoms with Gasteiger partial charge in [-0.25, -0.2) is 0 Å². The highest BCUT2D eigenvalue weighted by atomic mass is 35.5. The number of amides is 1. The van der Waals surface area contributed by atoms with Gasteiger partial charge in [0.1, 0.15) is 0 Å². The molecule has 1 aliphatic heterocycles. The SMILES string of the molecule is CN(C(=O)/C=C/c1ccc(Cl)c(Cl)c1)[C@@H]1CCC[C@H]1N1CCCC1.Cl. The van der Waals surface area contributed by atoms with E-state index in [4.69, 9.17) is 23.2 Å². The molecule has 3 rings (SSSR count). The van der Waals surface area contributed by atoms with Crippen molar-refractivity contribution in [2.75, 3.05) is 20.1 Å². The molecule has 0 unspecified atom stereocenters. The first kappa shape index (κ1) is 20.6. The molecule has 0 aromatic heterocycles. The highest BCUT2D eigenvalue weighted by Gasteiger charge is 2.36. The number of benzene rings is 1. The van der Waals surface area contributed by atoms with Crippen LogP contribution in [-0.4, -0.2) is 47.9 Å². The molecule has 0 spiro atoms. The van der Waals surface area contributed by atoms with Gasteiger partial charge in [0.15, 0.2) is 0 Å². The van der Waals surface area contributed by atoms with E-state index in [0.29, 0.717) is 22.1 Å². The van der Waals surface area contributed by atoms with E-state index in [1.165, 1.54) is 38.8 Å². The van der Waals surface area contributed by atoms with Crippen LogP contribution < -0.4 is 0 Å². The van der Waals surface area contributed by atoms with Crippen LogP contribution in [0, 0.1) is 0 Å². The third kappa shape index (κ3) is 4.91. The average Bonchev–Trinajstić information content (AvgIpc) is 3.25. The summed E-state index contributed by atoms with van der Waals surface area (Å²) in [4.78, 5) is 17.1. The van der Waals surface area contributed by atoms with E-state index in [1.54, 1.807) is 24.3 Å². The zero-order valence-electron chi connectivity index (χ0n) is 14.5. The minimum atomic E-state index is 0. The Labute approximate surface area is 166 Å². The smallest absolute Gasteiger partial charge is 0.246 e. The number of carbonyl (C=O) groups excluding carboxylic acids is 1. The van der Waals surface area contributed by atoms with Crippen LogP contribution >= 0.6 is 35.6 Å². The maximum atomic E-state index is 12.6. The fourth-order valence-electron chi connectivity index (χ4n) is 3.94. The molecule has 2 atom stereocenters. The Morgan fingerprint density at radius 3 is 2.56 bits per heavy atom. The van der Waals surface area contributed by atoms with Crippen molar-refractivity contribution in [3.05, 3.63) is 39.9 Å². The Hall–Kier alpha value is -0.740. The van der Waals surface area contributed by atoms with E-state index in [9.17, 15) is 4.79 Å². The Morgan fingerprint density at radius 2 is 1.88 bits per heavy atom. The van der Waals surface area contributed by atoms with Gasteiger partial charge in [0, 0.05) is 25.2 Å². The lowest BCUT2D eigenvalue weighted by atomic mass is 10.1. The minimum absolute atomic E-state index is 0. The Kier molecular flexibility index (Phi) is 7.63. The van der Waals surface area contributed by atoms with Crippen LogP contribution in [0.25, 0.3) is 6.08 Å². The lowest BCUT2D eigenvalue weighted by Gasteiger charge is -2.34. The van der Waals surface area contributed by atoms with Crippen molar-refractivity contribution in [2.45, 2.75) is 44.2 Å². The molecular formula is C19H25Cl3N2O. The third-order valence-electron chi connectivity index (χ3n) is 5.26. The van der Waals surface area contributed by atoms with E-state index in [2.05, 4.69) is 4.90 Å². The summed E-state index contributed by atoms with van der Waals surface area (Å²) in [6, 6.07) is 6.24. The zero-order valence-corrected chi connectivity index (χ0v) is 16.8. The van der Waals surface area contributed by atoms with Gasteiger partial charge in [-0.3, -0.25) is 9.69 Å². The number of hydrogen-bond donors (Lipinski definition) is 0. The second-order valence-corrected chi connectivity index (χ2v) is 7.58. The van der Waals surface area contributed by atoms with Gasteiger partial charge in [-0.2, -0.15) is 0 Å². The van der Waals surface area contributed by atoms with E-state index >= 15 is 0 Å². The van der Waals surface area contributed by atoms with Crippen molar-refractivity contribution in [1.82, 2.24) is 9.80 Å². The fraction of sp³-hybridized carbons (Fsp3) is 0.526. The van der Waals surface area contributed by atoms with Gasteiger partial charge >= 0.3 is 0 Å². The van der Waals surface area contributed by atoms with E-state index in [0.717, 1.165) is 12.0 Å². The lowest BCUT2D eigenvalue weighted by molar-refractivity contribution is -0.127. The molecule has 1 amide bonds. The molecule has 2 aliphatic rings. The highest BCUT2D eigenvalue weighted by molar-refractivity contribution is 6.42. The van der Waals surface area contributed by atoms with Gasteiger partial charge in [-0.1, -0.05) is 29.3 Å². The van der Waals surface area contributed by atoms with E-state index in [-0.39, 0.29) is 18.3 Å². The molecule has 138 valence electrons. The van der Waals surface area contributed by atoms with Crippen LogP contribution in [0.2, 0.25) is 10.0 Å². The standard InChI is InChI=1S/C19H24Cl2N2O.ClH/c1-22(17-5-4-6-18(17)23-11-2-3-12-23)19(24)10-8-14-7-9-15(20)16(21)13-14;/h7-10,13,17-18H,2-6,11-12H2,1H3;1H/b10-8+;/t17-,18-;/m1./s1. The monoisotopic (exact) mass is 402 g/mol. The van der Waals surface area contributed by atoms with Crippen molar-refractivity contribution in [3.8, 4) is 0 Å². The van der Waals surface area contributed by atoms with Crippen molar-refractivity contribution >= 4 is 47.6 Å². The number of likely N-dealkylation sites (N-methyl/N-ethyl adjacent to an activating group) is 1. The summed E-state index contributed by atoms with van der Waals surface area (Å²) in [5.74, 6) is 0.0529. The maximum Gasteiger partial charge on any atom is 0.246 e. The second kappa shape index (κ2) is 9.27. The summed E-state index contributed by atoms with van der Waals surface area (Å²) >= 11 is 11.9. The predicted molar refractivity (Wildman–Crippen MR) is 108 cm³/mol. The first-order valence-electron chi connectivity index (χ1n) is 8.70. The van der Waals surface area contributed by atoms with Crippen molar-refractivity contribution in [1.29, 1.82) is 0 Å². The third-order valence-corrected chi connectivity index (χ3v) is 6.00. The number of hydrogen-bond acceptors (Lipinski definition) is 2. The molecule has 3 nitrogen and oxygen atoms in total. The molecule has 1 aromatic rings. The number of likely N-dealkylation sites (tertiary alicyclic amines) is 1. The van der Waals surface area contributed by atoms with Gasteiger partial charge in [-0.05, 0) is 69.0 Å². The first-order chi connectivity index (χ1) is 11.6. The zero-order chi connectivity index (χ0) is 17.1. The summed E-state index contributed by atoms with van der Waals surface area (Å²) in [6.07, 6.45) is 9.54. The number of halogens is 3. The fourth-order valence-corrected chi connectivity index (χ4v) is 4.24. The molecule has 6 heteroatoms. The van der Waals surface area contributed by atoms with Gasteiger partial charge < -0.3 is 4.90 Å². The molecule has 0 bridgehead atoms. The second-order valence-electron chi connectivity index (χ2n) is 6.76. The predicted octanol–water partition coefficient (Wildman–Crippen LogP) is 4.90. The largest absolute Gasteiger partial charge is 0.338 e. The van der Waals surface area contributed by atoms with Crippen LogP contribution in [-0.2, 0) is 4.79 Å². The Bertz CT molecular complexity index is 629.